The zero-order valence-corrected chi connectivity index (χ0v) is 17.8. The average Bonchev–Trinajstić information content (AvgIpc) is 2.73. The Labute approximate surface area is 182 Å². The van der Waals surface area contributed by atoms with Crippen LogP contribution in [0, 0.1) is 0 Å². The van der Waals surface area contributed by atoms with E-state index < -0.39 is 0 Å². The normalized spacial score (nSPS) is 11.4. The van der Waals surface area contributed by atoms with Gasteiger partial charge in [-0.15, -0.1) is 0 Å². The number of benzene rings is 2. The van der Waals surface area contributed by atoms with Gasteiger partial charge in [0, 0.05) is 11.6 Å². The molecule has 0 spiro atoms. The Hall–Kier alpha value is -3.03. The van der Waals surface area contributed by atoms with Crippen molar-refractivity contribution in [3.8, 4) is 11.5 Å². The number of rotatable bonds is 7. The minimum absolute atomic E-state index is 0.119. The number of hydrogen-bond acceptors (Lipinski definition) is 5. The van der Waals surface area contributed by atoms with Gasteiger partial charge in [-0.25, -0.2) is 4.98 Å². The number of nitrogens with zero attached hydrogens (tertiary/aromatic N) is 1. The monoisotopic (exact) mass is 447 g/mol. The number of H-pyrrole nitrogens is 1. The van der Waals surface area contributed by atoms with Crippen molar-refractivity contribution in [2.75, 3.05) is 20.3 Å². The fourth-order valence-corrected chi connectivity index (χ4v) is 3.11. The summed E-state index contributed by atoms with van der Waals surface area (Å²) in [5.74, 6) is 0.865. The lowest BCUT2D eigenvalue weighted by molar-refractivity contribution is -0.123. The van der Waals surface area contributed by atoms with Crippen molar-refractivity contribution < 1.29 is 14.3 Å². The highest BCUT2D eigenvalue weighted by Gasteiger charge is 2.10. The van der Waals surface area contributed by atoms with E-state index in [1.807, 2.05) is 6.92 Å². The summed E-state index contributed by atoms with van der Waals surface area (Å²) in [7, 11) is 1.50. The van der Waals surface area contributed by atoms with Gasteiger partial charge in [-0.2, -0.15) is 0 Å². The molecule has 7 nitrogen and oxygen atoms in total. The Balaban J connectivity index is 1.87. The average molecular weight is 448 g/mol. The first-order valence-corrected chi connectivity index (χ1v) is 9.81. The van der Waals surface area contributed by atoms with Crippen molar-refractivity contribution >= 4 is 51.1 Å². The fourth-order valence-electron chi connectivity index (χ4n) is 2.72. The van der Waals surface area contributed by atoms with Gasteiger partial charge in [0.15, 0.2) is 23.9 Å². The molecule has 0 radical (unpaired) electrons. The van der Waals surface area contributed by atoms with E-state index in [0.29, 0.717) is 39.5 Å². The lowest BCUT2D eigenvalue weighted by Gasteiger charge is -2.11. The van der Waals surface area contributed by atoms with Crippen LogP contribution in [0.25, 0.3) is 22.0 Å². The number of fused-ring (bicyclic) bond motifs is 1. The van der Waals surface area contributed by atoms with Gasteiger partial charge in [-0.1, -0.05) is 29.3 Å². The smallest absolute Gasteiger partial charge is 0.259 e. The number of amides is 1. The van der Waals surface area contributed by atoms with Gasteiger partial charge in [0.1, 0.15) is 0 Å². The van der Waals surface area contributed by atoms with Crippen LogP contribution in [0.1, 0.15) is 18.3 Å². The van der Waals surface area contributed by atoms with E-state index in [1.165, 1.54) is 7.11 Å². The molecule has 0 saturated heterocycles. The van der Waals surface area contributed by atoms with Crippen molar-refractivity contribution in [3.05, 3.63) is 63.2 Å². The quantitative estimate of drug-likeness (QED) is 0.573. The number of methoxy groups -OCH3 is 1. The topological polar surface area (TPSA) is 93.3 Å². The van der Waals surface area contributed by atoms with E-state index >= 15 is 0 Å². The molecule has 0 unspecified atom stereocenters. The first-order chi connectivity index (χ1) is 14.4. The van der Waals surface area contributed by atoms with Crippen molar-refractivity contribution in [1.29, 1.82) is 0 Å². The molecule has 30 heavy (non-hydrogen) atoms. The van der Waals surface area contributed by atoms with Crippen molar-refractivity contribution in [2.24, 2.45) is 0 Å². The number of carbonyl (C=O) groups excluding carboxylic acids is 1. The maximum atomic E-state index is 12.3. The summed E-state index contributed by atoms with van der Waals surface area (Å²) in [5.41, 5.74) is 0.841. The summed E-state index contributed by atoms with van der Waals surface area (Å²) in [4.78, 5) is 30.9. The van der Waals surface area contributed by atoms with Crippen LogP contribution < -0.4 is 20.3 Å². The van der Waals surface area contributed by atoms with Gasteiger partial charge >= 0.3 is 0 Å². The number of halogens is 2. The highest BCUT2D eigenvalue weighted by Crippen LogP contribution is 2.30. The molecule has 2 aromatic carbocycles. The molecular weight excluding hydrogens is 429 g/mol. The Morgan fingerprint density at radius 2 is 2.03 bits per heavy atom. The predicted octanol–water partition coefficient (Wildman–Crippen LogP) is 3.84. The van der Waals surface area contributed by atoms with Crippen LogP contribution in [0.4, 0.5) is 0 Å². The molecule has 3 aromatic rings. The number of ether oxygens (including phenoxy) is 2. The Kier molecular flexibility index (Phi) is 6.97. The van der Waals surface area contributed by atoms with Gasteiger partial charge in [0.05, 0.1) is 23.0 Å². The van der Waals surface area contributed by atoms with Crippen molar-refractivity contribution in [1.82, 2.24) is 15.3 Å². The molecular formula is C21H19Cl2N3O4. The van der Waals surface area contributed by atoms with E-state index in [2.05, 4.69) is 15.3 Å². The Morgan fingerprint density at radius 3 is 2.77 bits per heavy atom. The fraction of sp³-hybridized carbons (Fsp3) is 0.190. The number of hydrogen-bond donors (Lipinski definition) is 2. The molecule has 1 amide bonds. The maximum absolute atomic E-state index is 12.3. The van der Waals surface area contributed by atoms with Gasteiger partial charge in [0.2, 0.25) is 0 Å². The second kappa shape index (κ2) is 9.65. The van der Waals surface area contributed by atoms with Crippen LogP contribution in [0.15, 0.2) is 41.2 Å². The zero-order valence-electron chi connectivity index (χ0n) is 16.3. The lowest BCUT2D eigenvalue weighted by atomic mass is 10.2. The second-order valence-electron chi connectivity index (χ2n) is 6.22. The third-order valence-corrected chi connectivity index (χ3v) is 4.63. The minimum Gasteiger partial charge on any atom is -0.493 e. The third-order valence-electron chi connectivity index (χ3n) is 4.11. The molecule has 2 N–H and O–H groups in total. The molecule has 1 aromatic heterocycles. The third kappa shape index (κ3) is 5.11. The van der Waals surface area contributed by atoms with Crippen LogP contribution in [0.5, 0.6) is 11.5 Å². The standard InChI is InChI=1S/C21H19Cl2N3O4/c1-3-24-19(27)11-30-17-7-4-12(9-18(17)29-2)8-15(23)20-25-16-6-5-13(22)10-14(16)21(28)26-20/h4-10H,3,11H2,1-2H3,(H,24,27)(H,25,26,28)/b15-8-. The molecule has 0 aliphatic heterocycles. The summed E-state index contributed by atoms with van der Waals surface area (Å²) >= 11 is 12.3. The van der Waals surface area contributed by atoms with Crippen LogP contribution >= 0.6 is 23.2 Å². The summed E-state index contributed by atoms with van der Waals surface area (Å²) in [5, 5.41) is 3.72. The minimum atomic E-state index is -0.337. The summed E-state index contributed by atoms with van der Waals surface area (Å²) in [6.45, 7) is 2.24. The van der Waals surface area contributed by atoms with Gasteiger partial charge in [0.25, 0.3) is 11.5 Å². The maximum Gasteiger partial charge on any atom is 0.259 e. The van der Waals surface area contributed by atoms with Gasteiger partial charge in [-0.3, -0.25) is 9.59 Å². The summed E-state index contributed by atoms with van der Waals surface area (Å²) < 4.78 is 10.8. The lowest BCUT2D eigenvalue weighted by Crippen LogP contribution is -2.28. The number of aromatic nitrogens is 2. The molecule has 1 heterocycles. The first-order valence-electron chi connectivity index (χ1n) is 9.06. The van der Waals surface area contributed by atoms with E-state index in [-0.39, 0.29) is 28.9 Å². The number of carbonyl (C=O) groups is 1. The van der Waals surface area contributed by atoms with E-state index in [9.17, 15) is 9.59 Å². The largest absolute Gasteiger partial charge is 0.493 e. The summed E-state index contributed by atoms with van der Waals surface area (Å²) in [6.07, 6.45) is 1.64. The van der Waals surface area contributed by atoms with Crippen LogP contribution in [-0.4, -0.2) is 36.1 Å². The van der Waals surface area contributed by atoms with Gasteiger partial charge in [-0.05, 0) is 48.9 Å². The highest BCUT2D eigenvalue weighted by molar-refractivity contribution is 6.50. The molecule has 0 saturated carbocycles. The van der Waals surface area contributed by atoms with E-state index in [4.69, 9.17) is 32.7 Å². The molecule has 0 aliphatic rings. The molecule has 0 atom stereocenters. The highest BCUT2D eigenvalue weighted by atomic mass is 35.5. The molecule has 3 rings (SSSR count). The van der Waals surface area contributed by atoms with Gasteiger partial charge < -0.3 is 19.8 Å². The molecule has 156 valence electrons. The summed E-state index contributed by atoms with van der Waals surface area (Å²) in [6, 6.07) is 9.98. The molecule has 0 fully saturated rings. The van der Waals surface area contributed by atoms with E-state index in [0.717, 1.165) is 0 Å². The number of likely N-dealkylation sites (N-methyl/N-ethyl adjacent to an activating group) is 1. The van der Waals surface area contributed by atoms with Crippen molar-refractivity contribution in [2.45, 2.75) is 6.92 Å². The Bertz CT molecular complexity index is 1170. The van der Waals surface area contributed by atoms with Crippen molar-refractivity contribution in [3.63, 3.8) is 0 Å². The Morgan fingerprint density at radius 1 is 1.23 bits per heavy atom. The SMILES string of the molecule is CCNC(=O)COc1ccc(/C=C(\Cl)c2nc3ccc(Cl)cc3c(=O)[nH]2)cc1OC. The first kappa shape index (κ1) is 21.7. The molecule has 0 bridgehead atoms. The van der Waals surface area contributed by atoms with Crippen LogP contribution in [0.2, 0.25) is 5.02 Å². The van der Waals surface area contributed by atoms with Crippen LogP contribution in [0.3, 0.4) is 0 Å². The zero-order chi connectivity index (χ0) is 21.7. The van der Waals surface area contributed by atoms with Crippen LogP contribution in [-0.2, 0) is 4.79 Å². The number of nitrogens with one attached hydrogen (secondary N) is 2. The molecule has 0 aliphatic carbocycles. The molecule has 9 heteroatoms. The number of aromatic amines is 1. The second-order valence-corrected chi connectivity index (χ2v) is 7.06. The van der Waals surface area contributed by atoms with E-state index in [1.54, 1.807) is 42.5 Å². The predicted molar refractivity (Wildman–Crippen MR) is 118 cm³/mol.